The van der Waals surface area contributed by atoms with E-state index >= 15 is 0 Å². The molecule has 144 valence electrons. The predicted octanol–water partition coefficient (Wildman–Crippen LogP) is 2.44. The molecule has 1 heterocycles. The molecule has 27 heavy (non-hydrogen) atoms. The molecule has 0 spiro atoms. The fraction of sp³-hybridized carbons (Fsp3) is 0.381. The van der Waals surface area contributed by atoms with Gasteiger partial charge in [-0.25, -0.2) is 0 Å². The Morgan fingerprint density at radius 2 is 1.44 bits per heavy atom. The number of hydrogen-bond acceptors (Lipinski definition) is 6. The van der Waals surface area contributed by atoms with E-state index in [2.05, 4.69) is 0 Å². The molecule has 0 aromatic heterocycles. The van der Waals surface area contributed by atoms with Gasteiger partial charge in [0.1, 0.15) is 18.3 Å². The van der Waals surface area contributed by atoms with E-state index in [0.29, 0.717) is 13.2 Å². The van der Waals surface area contributed by atoms with Crippen LogP contribution in [0.2, 0.25) is 0 Å². The highest BCUT2D eigenvalue weighted by atomic mass is 16.7. The number of aliphatic hydroxyl groups excluding tert-OH is 1. The summed E-state index contributed by atoms with van der Waals surface area (Å²) < 4.78 is 22.9. The second-order valence-corrected chi connectivity index (χ2v) is 6.36. The quantitative estimate of drug-likeness (QED) is 0.718. The van der Waals surface area contributed by atoms with Crippen molar-refractivity contribution >= 4 is 5.97 Å². The predicted molar refractivity (Wildman–Crippen MR) is 97.6 cm³/mol. The summed E-state index contributed by atoms with van der Waals surface area (Å²) in [5.74, 6) is -0.478. The van der Waals surface area contributed by atoms with E-state index in [-0.39, 0.29) is 6.61 Å². The number of benzene rings is 2. The Bertz CT molecular complexity index is 705. The van der Waals surface area contributed by atoms with Crippen molar-refractivity contribution in [3.05, 3.63) is 71.8 Å². The molecule has 0 saturated carbocycles. The smallest absolute Gasteiger partial charge is 0.305 e. The van der Waals surface area contributed by atoms with Crippen LogP contribution in [0.1, 0.15) is 18.1 Å². The highest BCUT2D eigenvalue weighted by molar-refractivity contribution is 5.66. The van der Waals surface area contributed by atoms with Crippen molar-refractivity contribution in [3.8, 4) is 0 Å². The Balaban J connectivity index is 1.71. The first-order valence-corrected chi connectivity index (χ1v) is 8.92. The van der Waals surface area contributed by atoms with Crippen LogP contribution in [0.15, 0.2) is 60.7 Å². The van der Waals surface area contributed by atoms with Crippen molar-refractivity contribution in [1.82, 2.24) is 0 Å². The van der Waals surface area contributed by atoms with Crippen LogP contribution >= 0.6 is 0 Å². The van der Waals surface area contributed by atoms with Crippen molar-refractivity contribution in [1.29, 1.82) is 0 Å². The maximum atomic E-state index is 11.4. The van der Waals surface area contributed by atoms with Crippen molar-refractivity contribution in [2.75, 3.05) is 6.61 Å². The average molecular weight is 372 g/mol. The lowest BCUT2D eigenvalue weighted by Gasteiger charge is -2.24. The van der Waals surface area contributed by atoms with Gasteiger partial charge in [0.25, 0.3) is 0 Å². The second-order valence-electron chi connectivity index (χ2n) is 6.36. The molecule has 0 amide bonds. The number of esters is 1. The van der Waals surface area contributed by atoms with E-state index in [9.17, 15) is 9.90 Å². The number of rotatable bonds is 8. The summed E-state index contributed by atoms with van der Waals surface area (Å²) in [4.78, 5) is 11.4. The monoisotopic (exact) mass is 372 g/mol. The number of hydrogen-bond donors (Lipinski definition) is 1. The summed E-state index contributed by atoms with van der Waals surface area (Å²) in [5, 5.41) is 9.69. The molecule has 1 aliphatic heterocycles. The fourth-order valence-electron chi connectivity index (χ4n) is 3.01. The maximum absolute atomic E-state index is 11.4. The fourth-order valence-corrected chi connectivity index (χ4v) is 3.01. The molecular formula is C21H24O6. The zero-order valence-corrected chi connectivity index (χ0v) is 15.2. The molecule has 4 atom stereocenters. The molecule has 6 heteroatoms. The van der Waals surface area contributed by atoms with E-state index in [4.69, 9.17) is 18.9 Å². The van der Waals surface area contributed by atoms with Crippen molar-refractivity contribution < 1.29 is 28.8 Å². The SMILES string of the molecule is CC(=O)O[C@H]1O[C@H](CO)[C@@H](OCc2ccccc2)[C@@H]1OCc1ccccc1. The number of ether oxygens (including phenoxy) is 4. The van der Waals surface area contributed by atoms with E-state index in [0.717, 1.165) is 11.1 Å². The van der Waals surface area contributed by atoms with Crippen molar-refractivity contribution in [2.45, 2.75) is 44.7 Å². The van der Waals surface area contributed by atoms with Gasteiger partial charge in [-0.3, -0.25) is 4.79 Å². The number of carbonyl (C=O) groups excluding carboxylic acids is 1. The molecule has 1 aliphatic rings. The third kappa shape index (κ3) is 5.37. The third-order valence-corrected chi connectivity index (χ3v) is 4.30. The summed E-state index contributed by atoms with van der Waals surface area (Å²) in [6.45, 7) is 1.70. The summed E-state index contributed by atoms with van der Waals surface area (Å²) in [6, 6.07) is 19.4. The first-order chi connectivity index (χ1) is 13.2. The Labute approximate surface area is 158 Å². The van der Waals surface area contributed by atoms with Gasteiger partial charge in [0.2, 0.25) is 6.29 Å². The van der Waals surface area contributed by atoms with Crippen LogP contribution < -0.4 is 0 Å². The van der Waals surface area contributed by atoms with Crippen LogP contribution in [0.3, 0.4) is 0 Å². The molecule has 2 aromatic rings. The molecule has 2 aromatic carbocycles. The highest BCUT2D eigenvalue weighted by Gasteiger charge is 2.48. The van der Waals surface area contributed by atoms with Crippen molar-refractivity contribution in [2.24, 2.45) is 0 Å². The summed E-state index contributed by atoms with van der Waals surface area (Å²) in [7, 11) is 0. The van der Waals surface area contributed by atoms with Crippen LogP contribution in [0.25, 0.3) is 0 Å². The topological polar surface area (TPSA) is 74.2 Å². The van der Waals surface area contributed by atoms with Gasteiger partial charge in [-0.05, 0) is 11.1 Å². The minimum Gasteiger partial charge on any atom is -0.433 e. The van der Waals surface area contributed by atoms with Gasteiger partial charge in [-0.15, -0.1) is 0 Å². The van der Waals surface area contributed by atoms with Crippen LogP contribution in [-0.4, -0.2) is 42.3 Å². The number of aliphatic hydroxyl groups is 1. The minimum atomic E-state index is -0.927. The van der Waals surface area contributed by atoms with E-state index < -0.39 is 30.6 Å². The molecule has 1 saturated heterocycles. The first kappa shape index (κ1) is 19.5. The van der Waals surface area contributed by atoms with E-state index in [1.807, 2.05) is 60.7 Å². The molecule has 3 rings (SSSR count). The van der Waals surface area contributed by atoms with E-state index in [1.54, 1.807) is 0 Å². The van der Waals surface area contributed by atoms with Gasteiger partial charge in [0.05, 0.1) is 19.8 Å². The second kappa shape index (κ2) is 9.62. The molecule has 0 radical (unpaired) electrons. The van der Waals surface area contributed by atoms with Crippen molar-refractivity contribution in [3.63, 3.8) is 0 Å². The lowest BCUT2D eigenvalue weighted by atomic mass is 10.1. The van der Waals surface area contributed by atoms with Crippen LogP contribution in [0, 0.1) is 0 Å². The van der Waals surface area contributed by atoms with Gasteiger partial charge >= 0.3 is 5.97 Å². The highest BCUT2D eigenvalue weighted by Crippen LogP contribution is 2.29. The number of carbonyl (C=O) groups is 1. The van der Waals surface area contributed by atoms with Crippen LogP contribution in [-0.2, 0) is 37.0 Å². The summed E-state index contributed by atoms with van der Waals surface area (Å²) in [5.41, 5.74) is 1.97. The normalized spacial score (nSPS) is 24.7. The Morgan fingerprint density at radius 1 is 0.926 bits per heavy atom. The molecule has 1 fully saturated rings. The molecule has 6 nitrogen and oxygen atoms in total. The molecule has 1 N–H and O–H groups in total. The summed E-state index contributed by atoms with van der Waals surface area (Å²) in [6.07, 6.45) is -2.78. The maximum Gasteiger partial charge on any atom is 0.305 e. The van der Waals surface area contributed by atoms with Gasteiger partial charge in [0.15, 0.2) is 0 Å². The minimum absolute atomic E-state index is 0.261. The lowest BCUT2D eigenvalue weighted by molar-refractivity contribution is -0.194. The van der Waals surface area contributed by atoms with Gasteiger partial charge in [-0.1, -0.05) is 60.7 Å². The van der Waals surface area contributed by atoms with Gasteiger partial charge < -0.3 is 24.1 Å². The Kier molecular flexibility index (Phi) is 6.95. The lowest BCUT2D eigenvalue weighted by Crippen LogP contribution is -2.39. The molecule has 0 bridgehead atoms. The van der Waals surface area contributed by atoms with Crippen LogP contribution in [0.5, 0.6) is 0 Å². The average Bonchev–Trinajstić information content (AvgIpc) is 3.02. The summed E-state index contributed by atoms with van der Waals surface area (Å²) >= 11 is 0. The van der Waals surface area contributed by atoms with E-state index in [1.165, 1.54) is 6.92 Å². The Morgan fingerprint density at radius 3 is 1.93 bits per heavy atom. The van der Waals surface area contributed by atoms with Crippen LogP contribution in [0.4, 0.5) is 0 Å². The first-order valence-electron chi connectivity index (χ1n) is 8.92. The Hall–Kier alpha value is -2.25. The molecule has 0 aliphatic carbocycles. The third-order valence-electron chi connectivity index (χ3n) is 4.30. The molecule has 0 unspecified atom stereocenters. The zero-order valence-electron chi connectivity index (χ0n) is 15.2. The molecular weight excluding hydrogens is 348 g/mol. The largest absolute Gasteiger partial charge is 0.433 e. The van der Waals surface area contributed by atoms with Gasteiger partial charge in [0, 0.05) is 6.92 Å². The zero-order chi connectivity index (χ0) is 19.1. The standard InChI is InChI=1S/C21H24O6/c1-15(23)26-21-20(25-14-17-10-6-3-7-11-17)19(18(12-22)27-21)24-13-16-8-4-2-5-9-16/h2-11,18-22H,12-14H2,1H3/t18-,19-,20+,21+/m1/s1. The van der Waals surface area contributed by atoms with Gasteiger partial charge in [-0.2, -0.15) is 0 Å².